The van der Waals surface area contributed by atoms with E-state index in [2.05, 4.69) is 21.2 Å². The molecule has 3 nitrogen and oxygen atoms in total. The van der Waals surface area contributed by atoms with Crippen LogP contribution in [0.2, 0.25) is 0 Å². The van der Waals surface area contributed by atoms with E-state index in [0.29, 0.717) is 12.3 Å². The first-order valence-electron chi connectivity index (χ1n) is 5.39. The van der Waals surface area contributed by atoms with Crippen LogP contribution in [0.3, 0.4) is 0 Å². The van der Waals surface area contributed by atoms with Gasteiger partial charge in [0.15, 0.2) is 0 Å². The quantitative estimate of drug-likeness (QED) is 0.907. The zero-order valence-electron chi connectivity index (χ0n) is 9.48. The van der Waals surface area contributed by atoms with Gasteiger partial charge in [0.05, 0.1) is 6.26 Å². The van der Waals surface area contributed by atoms with Crippen molar-refractivity contribution in [3.63, 3.8) is 0 Å². The predicted octanol–water partition coefficient (Wildman–Crippen LogP) is 3.50. The summed E-state index contributed by atoms with van der Waals surface area (Å²) in [7, 11) is 0. The maximum absolute atomic E-state index is 9.86. The van der Waals surface area contributed by atoms with Crippen LogP contribution < -0.4 is 5.32 Å². The van der Waals surface area contributed by atoms with Crippen LogP contribution in [0, 0.1) is 6.92 Å². The topological polar surface area (TPSA) is 45.4 Å². The number of nitrogens with one attached hydrogen (secondary N) is 1. The molecule has 0 radical (unpaired) electrons. The van der Waals surface area contributed by atoms with Crippen LogP contribution in [0.15, 0.2) is 45.5 Å². The van der Waals surface area contributed by atoms with Crippen molar-refractivity contribution in [1.29, 1.82) is 0 Å². The molecule has 1 atom stereocenters. The van der Waals surface area contributed by atoms with Gasteiger partial charge in [0, 0.05) is 16.7 Å². The van der Waals surface area contributed by atoms with E-state index in [9.17, 15) is 5.11 Å². The fourth-order valence-corrected chi connectivity index (χ4v) is 1.95. The number of rotatable bonds is 4. The van der Waals surface area contributed by atoms with Gasteiger partial charge in [-0.05, 0) is 36.8 Å². The second-order valence-corrected chi connectivity index (χ2v) is 4.68. The lowest BCUT2D eigenvalue weighted by molar-refractivity contribution is 0.162. The zero-order valence-corrected chi connectivity index (χ0v) is 11.1. The number of hydrogen-bond acceptors (Lipinski definition) is 3. The molecule has 0 bridgehead atoms. The van der Waals surface area contributed by atoms with Crippen molar-refractivity contribution < 1.29 is 9.52 Å². The highest BCUT2D eigenvalue weighted by atomic mass is 79.9. The number of aliphatic hydroxyl groups is 1. The van der Waals surface area contributed by atoms with E-state index < -0.39 is 6.10 Å². The molecule has 0 amide bonds. The zero-order chi connectivity index (χ0) is 12.3. The van der Waals surface area contributed by atoms with E-state index in [0.717, 1.165) is 15.7 Å². The summed E-state index contributed by atoms with van der Waals surface area (Å²) >= 11 is 3.47. The van der Waals surface area contributed by atoms with Gasteiger partial charge in [-0.3, -0.25) is 0 Å². The Labute approximate surface area is 109 Å². The Kier molecular flexibility index (Phi) is 3.86. The van der Waals surface area contributed by atoms with E-state index in [1.54, 1.807) is 18.4 Å². The summed E-state index contributed by atoms with van der Waals surface area (Å²) in [6.07, 6.45) is 0.923. The third kappa shape index (κ3) is 2.90. The Morgan fingerprint density at radius 1 is 1.35 bits per heavy atom. The lowest BCUT2D eigenvalue weighted by Crippen LogP contribution is -2.12. The van der Waals surface area contributed by atoms with Crippen molar-refractivity contribution in [2.24, 2.45) is 0 Å². The van der Waals surface area contributed by atoms with Crippen molar-refractivity contribution in [3.05, 3.63) is 52.4 Å². The minimum absolute atomic E-state index is 0.421. The summed E-state index contributed by atoms with van der Waals surface area (Å²) in [5.41, 5.74) is 2.13. The van der Waals surface area contributed by atoms with E-state index in [-0.39, 0.29) is 0 Å². The molecule has 0 aliphatic rings. The Morgan fingerprint density at radius 2 is 2.18 bits per heavy atom. The highest BCUT2D eigenvalue weighted by Crippen LogP contribution is 2.24. The molecule has 90 valence electrons. The Morgan fingerprint density at radius 3 is 2.88 bits per heavy atom. The fraction of sp³-hybridized carbons (Fsp3) is 0.231. The van der Waals surface area contributed by atoms with Gasteiger partial charge in [0.2, 0.25) is 0 Å². The lowest BCUT2D eigenvalue weighted by Gasteiger charge is -2.13. The number of aliphatic hydroxyl groups excluding tert-OH is 1. The number of anilines is 1. The van der Waals surface area contributed by atoms with E-state index in [4.69, 9.17) is 4.42 Å². The van der Waals surface area contributed by atoms with E-state index >= 15 is 0 Å². The molecule has 2 rings (SSSR count). The standard InChI is InChI=1S/C13H14BrNO2/c1-9-10(14)4-2-5-11(9)15-8-12(16)13-6-3-7-17-13/h2-7,12,15-16H,8H2,1H3. The molecule has 0 spiro atoms. The Bertz CT molecular complexity index is 482. The maximum atomic E-state index is 9.86. The van der Waals surface area contributed by atoms with Gasteiger partial charge in [-0.2, -0.15) is 0 Å². The Hall–Kier alpha value is -1.26. The normalized spacial score (nSPS) is 12.4. The molecule has 1 aromatic heterocycles. The largest absolute Gasteiger partial charge is 0.467 e. The molecule has 0 aliphatic carbocycles. The van der Waals surface area contributed by atoms with Crippen LogP contribution in [-0.2, 0) is 0 Å². The molecule has 17 heavy (non-hydrogen) atoms. The minimum atomic E-state index is -0.636. The second kappa shape index (κ2) is 5.38. The smallest absolute Gasteiger partial charge is 0.134 e. The molecule has 1 heterocycles. The van der Waals surface area contributed by atoms with Crippen molar-refractivity contribution in [2.45, 2.75) is 13.0 Å². The molecule has 1 aromatic carbocycles. The lowest BCUT2D eigenvalue weighted by atomic mass is 10.2. The van der Waals surface area contributed by atoms with Crippen LogP contribution in [0.4, 0.5) is 5.69 Å². The summed E-state index contributed by atoms with van der Waals surface area (Å²) in [4.78, 5) is 0. The first-order chi connectivity index (χ1) is 8.18. The molecule has 0 fully saturated rings. The summed E-state index contributed by atoms with van der Waals surface area (Å²) in [5, 5.41) is 13.1. The van der Waals surface area contributed by atoms with Crippen LogP contribution in [0.5, 0.6) is 0 Å². The number of benzene rings is 1. The van der Waals surface area contributed by atoms with Gasteiger partial charge in [-0.1, -0.05) is 22.0 Å². The number of halogens is 1. The summed E-state index contributed by atoms with van der Waals surface area (Å²) in [5.74, 6) is 0.574. The number of hydrogen-bond donors (Lipinski definition) is 2. The van der Waals surface area contributed by atoms with Gasteiger partial charge in [0.1, 0.15) is 11.9 Å². The molecule has 0 saturated heterocycles. The van der Waals surface area contributed by atoms with Crippen molar-refractivity contribution in [2.75, 3.05) is 11.9 Å². The summed E-state index contributed by atoms with van der Waals surface area (Å²) in [6, 6.07) is 9.46. The molecular weight excluding hydrogens is 282 g/mol. The second-order valence-electron chi connectivity index (χ2n) is 3.82. The average Bonchev–Trinajstić information content (AvgIpc) is 2.84. The summed E-state index contributed by atoms with van der Waals surface area (Å²) < 4.78 is 6.19. The van der Waals surface area contributed by atoms with Gasteiger partial charge in [-0.25, -0.2) is 0 Å². The van der Waals surface area contributed by atoms with Crippen LogP contribution in [-0.4, -0.2) is 11.7 Å². The molecule has 1 unspecified atom stereocenters. The molecule has 0 saturated carbocycles. The van der Waals surface area contributed by atoms with E-state index in [1.165, 1.54) is 0 Å². The van der Waals surface area contributed by atoms with Gasteiger partial charge >= 0.3 is 0 Å². The molecule has 2 aromatic rings. The SMILES string of the molecule is Cc1c(Br)cccc1NCC(O)c1ccco1. The molecule has 2 N–H and O–H groups in total. The highest BCUT2D eigenvalue weighted by molar-refractivity contribution is 9.10. The first-order valence-corrected chi connectivity index (χ1v) is 6.18. The van der Waals surface area contributed by atoms with Crippen molar-refractivity contribution in [1.82, 2.24) is 0 Å². The van der Waals surface area contributed by atoms with Gasteiger partial charge in [-0.15, -0.1) is 0 Å². The predicted molar refractivity (Wildman–Crippen MR) is 71.0 cm³/mol. The van der Waals surface area contributed by atoms with Gasteiger partial charge in [0.25, 0.3) is 0 Å². The van der Waals surface area contributed by atoms with Crippen LogP contribution in [0.1, 0.15) is 17.4 Å². The van der Waals surface area contributed by atoms with E-state index in [1.807, 2.05) is 25.1 Å². The third-order valence-corrected chi connectivity index (χ3v) is 3.48. The van der Waals surface area contributed by atoms with Gasteiger partial charge < -0.3 is 14.8 Å². The third-order valence-electron chi connectivity index (χ3n) is 2.63. The summed E-state index contributed by atoms with van der Waals surface area (Å²) in [6.45, 7) is 2.44. The molecular formula is C13H14BrNO2. The molecule has 4 heteroatoms. The number of furan rings is 1. The monoisotopic (exact) mass is 295 g/mol. The van der Waals surface area contributed by atoms with Crippen molar-refractivity contribution >= 4 is 21.6 Å². The first kappa shape index (κ1) is 12.2. The average molecular weight is 296 g/mol. The highest BCUT2D eigenvalue weighted by Gasteiger charge is 2.10. The fourth-order valence-electron chi connectivity index (χ4n) is 1.59. The Balaban J connectivity index is 2.00. The van der Waals surface area contributed by atoms with Crippen LogP contribution in [0.25, 0.3) is 0 Å². The van der Waals surface area contributed by atoms with Crippen molar-refractivity contribution in [3.8, 4) is 0 Å². The molecule has 0 aliphatic heterocycles. The maximum Gasteiger partial charge on any atom is 0.134 e. The van der Waals surface area contributed by atoms with Crippen LogP contribution >= 0.6 is 15.9 Å². The minimum Gasteiger partial charge on any atom is -0.467 e.